The Morgan fingerprint density at radius 2 is 1.96 bits per heavy atom. The van der Waals surface area contributed by atoms with Crippen LogP contribution in [-0.4, -0.2) is 54.1 Å². The number of hydrogen-bond donors (Lipinski definition) is 0. The van der Waals surface area contributed by atoms with Gasteiger partial charge in [-0.2, -0.15) is 0 Å². The van der Waals surface area contributed by atoms with Crippen LogP contribution in [0.25, 0.3) is 0 Å². The second-order valence-electron chi connectivity index (χ2n) is 5.62. The van der Waals surface area contributed by atoms with Crippen molar-refractivity contribution in [1.82, 2.24) is 9.88 Å². The van der Waals surface area contributed by atoms with Gasteiger partial charge in [0.2, 0.25) is 0 Å². The van der Waals surface area contributed by atoms with E-state index in [4.69, 9.17) is 14.2 Å². The number of methoxy groups -OCH3 is 2. The Morgan fingerprint density at radius 1 is 1.27 bits per heavy atom. The highest BCUT2D eigenvalue weighted by molar-refractivity contribution is 5.99. The van der Waals surface area contributed by atoms with Crippen molar-refractivity contribution >= 4 is 11.6 Å². The number of carbonyl (C=O) groups excluding carboxylic acids is 1. The van der Waals surface area contributed by atoms with Gasteiger partial charge in [0.15, 0.2) is 11.5 Å². The van der Waals surface area contributed by atoms with Crippen molar-refractivity contribution in [2.75, 3.05) is 27.3 Å². The van der Waals surface area contributed by atoms with E-state index >= 15 is 0 Å². The first kappa shape index (κ1) is 17.5. The van der Waals surface area contributed by atoms with Gasteiger partial charge < -0.3 is 19.1 Å². The SMILES string of the molecule is COc1cc(C(=O)N2CC(Oc3cccnc3)C2)c([N+](=O)[O-])cc1OC. The van der Waals surface area contributed by atoms with Crippen LogP contribution < -0.4 is 14.2 Å². The van der Waals surface area contributed by atoms with E-state index < -0.39 is 10.8 Å². The molecule has 0 atom stereocenters. The van der Waals surface area contributed by atoms with E-state index in [-0.39, 0.29) is 28.9 Å². The van der Waals surface area contributed by atoms with Gasteiger partial charge in [-0.3, -0.25) is 19.9 Å². The number of rotatable bonds is 6. The summed E-state index contributed by atoms with van der Waals surface area (Å²) in [5.41, 5.74) is -0.378. The molecule has 1 aromatic carbocycles. The van der Waals surface area contributed by atoms with Crippen LogP contribution in [-0.2, 0) is 0 Å². The molecule has 1 aliphatic heterocycles. The Balaban J connectivity index is 1.75. The zero-order valence-corrected chi connectivity index (χ0v) is 14.2. The Morgan fingerprint density at radius 3 is 2.54 bits per heavy atom. The van der Waals surface area contributed by atoms with Crippen molar-refractivity contribution in [1.29, 1.82) is 0 Å². The van der Waals surface area contributed by atoms with Crippen molar-refractivity contribution in [3.05, 3.63) is 52.3 Å². The molecule has 0 N–H and O–H groups in total. The van der Waals surface area contributed by atoms with Crippen molar-refractivity contribution in [3.8, 4) is 17.2 Å². The Labute approximate surface area is 149 Å². The van der Waals surface area contributed by atoms with Crippen LogP contribution in [0.15, 0.2) is 36.7 Å². The third kappa shape index (κ3) is 3.37. The lowest BCUT2D eigenvalue weighted by Gasteiger charge is -2.38. The number of amides is 1. The monoisotopic (exact) mass is 359 g/mol. The molecule has 9 nitrogen and oxygen atoms in total. The number of pyridine rings is 1. The van der Waals surface area contributed by atoms with E-state index in [1.165, 1.54) is 31.3 Å². The summed E-state index contributed by atoms with van der Waals surface area (Å²) in [6, 6.07) is 6.05. The summed E-state index contributed by atoms with van der Waals surface area (Å²) in [7, 11) is 2.78. The van der Waals surface area contributed by atoms with Crippen LogP contribution in [0.5, 0.6) is 17.2 Å². The van der Waals surface area contributed by atoms with E-state index in [0.29, 0.717) is 18.8 Å². The normalized spacial score (nSPS) is 13.7. The average molecular weight is 359 g/mol. The summed E-state index contributed by atoms with van der Waals surface area (Å²) in [6.07, 6.45) is 3.05. The quantitative estimate of drug-likeness (QED) is 0.573. The minimum Gasteiger partial charge on any atom is -0.493 e. The molecule has 136 valence electrons. The molecule has 0 saturated carbocycles. The zero-order chi connectivity index (χ0) is 18.7. The Kier molecular flexibility index (Phi) is 4.87. The summed E-state index contributed by atoms with van der Waals surface area (Å²) < 4.78 is 15.9. The molecular formula is C17H17N3O6. The van der Waals surface area contributed by atoms with Crippen LogP contribution in [0, 0.1) is 10.1 Å². The summed E-state index contributed by atoms with van der Waals surface area (Å²) in [6.45, 7) is 0.665. The molecule has 1 amide bonds. The van der Waals surface area contributed by atoms with Gasteiger partial charge >= 0.3 is 0 Å². The lowest BCUT2D eigenvalue weighted by molar-refractivity contribution is -0.385. The minimum atomic E-state index is -0.612. The van der Waals surface area contributed by atoms with Crippen LogP contribution in [0.4, 0.5) is 5.69 Å². The summed E-state index contributed by atoms with van der Waals surface area (Å²) in [5, 5.41) is 11.3. The van der Waals surface area contributed by atoms with E-state index in [1.807, 2.05) is 0 Å². The topological polar surface area (TPSA) is 104 Å². The van der Waals surface area contributed by atoms with Gasteiger partial charge in [0, 0.05) is 12.3 Å². The predicted octanol–water partition coefficient (Wildman–Crippen LogP) is 1.91. The fourth-order valence-electron chi connectivity index (χ4n) is 2.65. The third-order valence-electron chi connectivity index (χ3n) is 4.00. The molecule has 0 aliphatic carbocycles. The maximum Gasteiger partial charge on any atom is 0.286 e. The summed E-state index contributed by atoms with van der Waals surface area (Å²) in [4.78, 5) is 28.8. The molecule has 3 rings (SSSR count). The highest BCUT2D eigenvalue weighted by Gasteiger charge is 2.36. The molecule has 2 aromatic rings. The number of nitro groups is 1. The fraction of sp³-hybridized carbons (Fsp3) is 0.294. The van der Waals surface area contributed by atoms with E-state index in [9.17, 15) is 14.9 Å². The summed E-state index contributed by atoms with van der Waals surface area (Å²) in [5.74, 6) is 0.604. The zero-order valence-electron chi connectivity index (χ0n) is 14.2. The second kappa shape index (κ2) is 7.26. The molecule has 1 saturated heterocycles. The highest BCUT2D eigenvalue weighted by Crippen LogP contribution is 2.35. The minimum absolute atomic E-state index is 0.0486. The number of carbonyl (C=O) groups is 1. The van der Waals surface area contributed by atoms with Gasteiger partial charge in [-0.1, -0.05) is 0 Å². The van der Waals surface area contributed by atoms with Gasteiger partial charge in [0.05, 0.1) is 44.5 Å². The molecule has 1 fully saturated rings. The van der Waals surface area contributed by atoms with Gasteiger partial charge in [-0.15, -0.1) is 0 Å². The molecule has 26 heavy (non-hydrogen) atoms. The first-order chi connectivity index (χ1) is 12.5. The molecule has 9 heteroatoms. The Hall–Kier alpha value is -3.36. The Bertz CT molecular complexity index is 821. The maximum absolute atomic E-state index is 12.7. The van der Waals surface area contributed by atoms with Crippen molar-refractivity contribution in [2.24, 2.45) is 0 Å². The van der Waals surface area contributed by atoms with Gasteiger partial charge in [0.25, 0.3) is 11.6 Å². The third-order valence-corrected chi connectivity index (χ3v) is 4.00. The largest absolute Gasteiger partial charge is 0.493 e. The van der Waals surface area contributed by atoms with Crippen molar-refractivity contribution in [2.45, 2.75) is 6.10 Å². The lowest BCUT2D eigenvalue weighted by Crippen LogP contribution is -2.56. The summed E-state index contributed by atoms with van der Waals surface area (Å²) >= 11 is 0. The van der Waals surface area contributed by atoms with Crippen molar-refractivity contribution in [3.63, 3.8) is 0 Å². The number of benzene rings is 1. The van der Waals surface area contributed by atoms with Crippen molar-refractivity contribution < 1.29 is 23.9 Å². The fourth-order valence-corrected chi connectivity index (χ4v) is 2.65. The lowest BCUT2D eigenvalue weighted by atomic mass is 10.1. The number of hydrogen-bond acceptors (Lipinski definition) is 7. The van der Waals surface area contributed by atoms with Crippen LogP contribution in [0.3, 0.4) is 0 Å². The molecule has 2 heterocycles. The first-order valence-corrected chi connectivity index (χ1v) is 7.80. The van der Waals surface area contributed by atoms with Gasteiger partial charge in [-0.05, 0) is 12.1 Å². The molecule has 1 aromatic heterocycles. The molecule has 0 unspecified atom stereocenters. The second-order valence-corrected chi connectivity index (χ2v) is 5.62. The van der Waals surface area contributed by atoms with Gasteiger partial charge in [0.1, 0.15) is 17.4 Å². The van der Waals surface area contributed by atoms with E-state index in [1.54, 1.807) is 24.5 Å². The number of nitro benzene ring substituents is 1. The van der Waals surface area contributed by atoms with E-state index in [2.05, 4.69) is 4.98 Å². The average Bonchev–Trinajstić information content (AvgIpc) is 2.63. The smallest absolute Gasteiger partial charge is 0.286 e. The highest BCUT2D eigenvalue weighted by atomic mass is 16.6. The molecule has 0 radical (unpaired) electrons. The van der Waals surface area contributed by atoms with Gasteiger partial charge in [-0.25, -0.2) is 0 Å². The number of aromatic nitrogens is 1. The number of ether oxygens (including phenoxy) is 3. The van der Waals surface area contributed by atoms with E-state index in [0.717, 1.165) is 0 Å². The predicted molar refractivity (Wildman–Crippen MR) is 90.8 cm³/mol. The molecule has 0 bridgehead atoms. The molecule has 1 aliphatic rings. The van der Waals surface area contributed by atoms with Crippen LogP contribution >= 0.6 is 0 Å². The molecular weight excluding hydrogens is 342 g/mol. The van der Waals surface area contributed by atoms with Crippen LogP contribution in [0.2, 0.25) is 0 Å². The first-order valence-electron chi connectivity index (χ1n) is 7.80. The number of likely N-dealkylation sites (tertiary alicyclic amines) is 1. The maximum atomic E-state index is 12.7. The molecule has 0 spiro atoms. The standard InChI is InChI=1S/C17H17N3O6/c1-24-15-6-13(14(20(22)23)7-16(15)25-2)17(21)19-9-12(10-19)26-11-4-3-5-18-8-11/h3-8,12H,9-10H2,1-2H3. The van der Waals surface area contributed by atoms with Crippen LogP contribution in [0.1, 0.15) is 10.4 Å². The number of nitrogens with zero attached hydrogens (tertiary/aromatic N) is 3.